The molecule has 1 heterocycles. The highest BCUT2D eigenvalue weighted by Gasteiger charge is 2.13. The summed E-state index contributed by atoms with van der Waals surface area (Å²) in [7, 11) is 0. The van der Waals surface area contributed by atoms with Gasteiger partial charge in [0.05, 0.1) is 17.2 Å². The monoisotopic (exact) mass is 435 g/mol. The molecule has 0 aliphatic rings. The van der Waals surface area contributed by atoms with Gasteiger partial charge in [-0.1, -0.05) is 12.1 Å². The Morgan fingerprint density at radius 3 is 2.34 bits per heavy atom. The third-order valence-electron chi connectivity index (χ3n) is 5.03. The first-order valence-corrected chi connectivity index (χ1v) is 10.3. The summed E-state index contributed by atoms with van der Waals surface area (Å²) in [5.41, 5.74) is 1.44. The summed E-state index contributed by atoms with van der Waals surface area (Å²) in [4.78, 5) is 55.0. The molecule has 9 nitrogen and oxygen atoms in total. The molecule has 3 aromatic rings. The molecular formula is C23H25N5O4. The van der Waals surface area contributed by atoms with Gasteiger partial charge in [-0.25, -0.2) is 9.78 Å². The van der Waals surface area contributed by atoms with E-state index in [0.29, 0.717) is 35.5 Å². The molecule has 0 spiro atoms. The van der Waals surface area contributed by atoms with Crippen molar-refractivity contribution in [2.75, 3.05) is 23.7 Å². The van der Waals surface area contributed by atoms with Crippen molar-refractivity contribution in [3.8, 4) is 0 Å². The number of carbonyl (C=O) groups is 3. The van der Waals surface area contributed by atoms with Gasteiger partial charge < -0.3 is 15.5 Å². The minimum Gasteiger partial charge on any atom is -0.342 e. The Balaban J connectivity index is 1.79. The Kier molecular flexibility index (Phi) is 6.99. The summed E-state index contributed by atoms with van der Waals surface area (Å²) in [5, 5.41) is 5.62. The summed E-state index contributed by atoms with van der Waals surface area (Å²) in [5.74, 6) is -0.272. The maximum atomic E-state index is 12.9. The second-order valence-corrected chi connectivity index (χ2v) is 7.19. The van der Waals surface area contributed by atoms with Crippen LogP contribution >= 0.6 is 0 Å². The molecule has 0 aliphatic heterocycles. The SMILES string of the molecule is CCN(CC)C(=O)Cn1cnc2ccc(NC(=O)Nc3cccc(C(C)=O)c3)cc2c1=O. The predicted octanol–water partition coefficient (Wildman–Crippen LogP) is 3.11. The number of nitrogens with one attached hydrogen (secondary N) is 2. The van der Waals surface area contributed by atoms with Gasteiger partial charge in [0.15, 0.2) is 5.78 Å². The zero-order chi connectivity index (χ0) is 23.3. The number of likely N-dealkylation sites (N-methyl/N-ethyl adjacent to an activating group) is 1. The fraction of sp³-hybridized carbons (Fsp3) is 0.261. The van der Waals surface area contributed by atoms with Gasteiger partial charge >= 0.3 is 6.03 Å². The third-order valence-corrected chi connectivity index (χ3v) is 5.03. The molecule has 9 heteroatoms. The van der Waals surface area contributed by atoms with Crippen LogP contribution in [-0.4, -0.2) is 45.3 Å². The number of aromatic nitrogens is 2. The number of carbonyl (C=O) groups excluding carboxylic acids is 3. The number of ketones is 1. The van der Waals surface area contributed by atoms with Crippen LogP contribution in [0.4, 0.5) is 16.2 Å². The smallest absolute Gasteiger partial charge is 0.323 e. The molecule has 32 heavy (non-hydrogen) atoms. The van der Waals surface area contributed by atoms with Crippen molar-refractivity contribution >= 4 is 40.0 Å². The molecule has 0 bridgehead atoms. The van der Waals surface area contributed by atoms with Crippen LogP contribution in [0.5, 0.6) is 0 Å². The fourth-order valence-corrected chi connectivity index (χ4v) is 3.28. The topological polar surface area (TPSA) is 113 Å². The number of rotatable bonds is 7. The average molecular weight is 435 g/mol. The van der Waals surface area contributed by atoms with Crippen LogP contribution in [-0.2, 0) is 11.3 Å². The van der Waals surface area contributed by atoms with Gasteiger partial charge in [0.1, 0.15) is 6.54 Å². The fourth-order valence-electron chi connectivity index (χ4n) is 3.28. The Morgan fingerprint density at radius 2 is 1.69 bits per heavy atom. The standard InChI is InChI=1S/C23H25N5O4/c1-4-27(5-2)21(30)13-28-14-24-20-10-9-18(12-19(20)22(28)31)26-23(32)25-17-8-6-7-16(11-17)15(3)29/h6-12,14H,4-5,13H2,1-3H3,(H2,25,26,32). The zero-order valence-electron chi connectivity index (χ0n) is 18.2. The normalized spacial score (nSPS) is 10.6. The number of Topliss-reactive ketones (excluding diaryl/α,β-unsaturated/α-hetero) is 1. The quantitative estimate of drug-likeness (QED) is 0.554. The third kappa shape index (κ3) is 5.18. The van der Waals surface area contributed by atoms with Gasteiger partial charge in [-0.05, 0) is 51.1 Å². The molecule has 0 saturated heterocycles. The van der Waals surface area contributed by atoms with E-state index in [9.17, 15) is 19.2 Å². The molecule has 0 radical (unpaired) electrons. The molecule has 0 atom stereocenters. The van der Waals surface area contributed by atoms with Gasteiger partial charge in [0.25, 0.3) is 5.56 Å². The van der Waals surface area contributed by atoms with E-state index in [1.54, 1.807) is 41.3 Å². The molecule has 3 rings (SSSR count). The second kappa shape index (κ2) is 9.86. The number of nitrogens with zero attached hydrogens (tertiary/aromatic N) is 3. The van der Waals surface area contributed by atoms with E-state index >= 15 is 0 Å². The van der Waals surface area contributed by atoms with E-state index in [2.05, 4.69) is 15.6 Å². The van der Waals surface area contributed by atoms with Crippen molar-refractivity contribution in [3.63, 3.8) is 0 Å². The van der Waals surface area contributed by atoms with Gasteiger partial charge in [-0.3, -0.25) is 19.0 Å². The van der Waals surface area contributed by atoms with E-state index in [0.717, 1.165) is 0 Å². The number of fused-ring (bicyclic) bond motifs is 1. The summed E-state index contributed by atoms with van der Waals surface area (Å²) in [6, 6.07) is 10.8. The summed E-state index contributed by atoms with van der Waals surface area (Å²) < 4.78 is 1.26. The molecule has 0 aliphatic carbocycles. The van der Waals surface area contributed by atoms with E-state index < -0.39 is 6.03 Å². The van der Waals surface area contributed by atoms with Crippen LogP contribution in [0, 0.1) is 0 Å². The maximum absolute atomic E-state index is 12.9. The van der Waals surface area contributed by atoms with Crippen LogP contribution in [0.15, 0.2) is 53.6 Å². The summed E-state index contributed by atoms with van der Waals surface area (Å²) in [6.45, 7) is 6.22. The summed E-state index contributed by atoms with van der Waals surface area (Å²) >= 11 is 0. The molecule has 166 valence electrons. The highest BCUT2D eigenvalue weighted by Crippen LogP contribution is 2.16. The number of anilines is 2. The number of urea groups is 1. The van der Waals surface area contributed by atoms with Crippen LogP contribution in [0.3, 0.4) is 0 Å². The number of hydrogen-bond donors (Lipinski definition) is 2. The molecule has 0 fully saturated rings. The first kappa shape index (κ1) is 22.7. The summed E-state index contributed by atoms with van der Waals surface area (Å²) in [6.07, 6.45) is 1.36. The average Bonchev–Trinajstić information content (AvgIpc) is 2.77. The highest BCUT2D eigenvalue weighted by molar-refractivity contribution is 6.02. The Hall–Kier alpha value is -4.01. The minimum absolute atomic E-state index is 0.103. The first-order chi connectivity index (χ1) is 15.3. The van der Waals surface area contributed by atoms with E-state index in [4.69, 9.17) is 0 Å². The number of benzene rings is 2. The van der Waals surface area contributed by atoms with Crippen molar-refractivity contribution in [1.29, 1.82) is 0 Å². The van der Waals surface area contributed by atoms with Gasteiger partial charge in [0.2, 0.25) is 5.91 Å². The molecule has 2 aromatic carbocycles. The van der Waals surface area contributed by atoms with Crippen LogP contribution in [0.25, 0.3) is 10.9 Å². The van der Waals surface area contributed by atoms with Crippen molar-refractivity contribution in [1.82, 2.24) is 14.5 Å². The van der Waals surface area contributed by atoms with Crippen LogP contribution in [0.2, 0.25) is 0 Å². The van der Waals surface area contributed by atoms with Gasteiger partial charge in [-0.15, -0.1) is 0 Å². The van der Waals surface area contributed by atoms with Gasteiger partial charge in [-0.2, -0.15) is 0 Å². The van der Waals surface area contributed by atoms with Crippen molar-refractivity contribution in [2.24, 2.45) is 0 Å². The lowest BCUT2D eigenvalue weighted by Crippen LogP contribution is -2.36. The van der Waals surface area contributed by atoms with E-state index in [-0.39, 0.29) is 29.2 Å². The maximum Gasteiger partial charge on any atom is 0.323 e. The molecule has 3 amide bonds. The second-order valence-electron chi connectivity index (χ2n) is 7.19. The Bertz CT molecular complexity index is 1230. The first-order valence-electron chi connectivity index (χ1n) is 10.3. The van der Waals surface area contributed by atoms with Crippen molar-refractivity contribution < 1.29 is 14.4 Å². The predicted molar refractivity (Wildman–Crippen MR) is 123 cm³/mol. The molecule has 2 N–H and O–H groups in total. The van der Waals surface area contributed by atoms with Crippen LogP contribution in [0.1, 0.15) is 31.1 Å². The van der Waals surface area contributed by atoms with E-state index in [1.807, 2.05) is 13.8 Å². The molecule has 1 aromatic heterocycles. The highest BCUT2D eigenvalue weighted by atomic mass is 16.2. The largest absolute Gasteiger partial charge is 0.342 e. The Labute approximate surface area is 185 Å². The van der Waals surface area contributed by atoms with Crippen LogP contribution < -0.4 is 16.2 Å². The number of amides is 3. The lowest BCUT2D eigenvalue weighted by molar-refractivity contribution is -0.131. The Morgan fingerprint density at radius 1 is 1.00 bits per heavy atom. The number of hydrogen-bond acceptors (Lipinski definition) is 5. The van der Waals surface area contributed by atoms with Crippen molar-refractivity contribution in [3.05, 3.63) is 64.7 Å². The lowest BCUT2D eigenvalue weighted by atomic mass is 10.1. The minimum atomic E-state index is -0.522. The molecule has 0 saturated carbocycles. The molecule has 0 unspecified atom stereocenters. The molecular weight excluding hydrogens is 410 g/mol. The van der Waals surface area contributed by atoms with Crippen molar-refractivity contribution in [2.45, 2.75) is 27.3 Å². The lowest BCUT2D eigenvalue weighted by Gasteiger charge is -2.19. The van der Waals surface area contributed by atoms with E-state index in [1.165, 1.54) is 23.9 Å². The zero-order valence-corrected chi connectivity index (χ0v) is 18.2. The van der Waals surface area contributed by atoms with Gasteiger partial charge in [0, 0.05) is 30.0 Å².